The van der Waals surface area contributed by atoms with Crippen molar-refractivity contribution in [2.24, 2.45) is 0 Å². The van der Waals surface area contributed by atoms with Gasteiger partial charge in [0.15, 0.2) is 11.6 Å². The molecule has 1 saturated heterocycles. The first-order chi connectivity index (χ1) is 10.4. The number of amides is 2. The number of carbonyl (C=O) groups is 2. The van der Waals surface area contributed by atoms with E-state index >= 15 is 0 Å². The van der Waals surface area contributed by atoms with Gasteiger partial charge in [-0.25, -0.2) is 14.1 Å². The number of allylic oxidation sites excluding steroid dienone is 1. The summed E-state index contributed by atoms with van der Waals surface area (Å²) in [4.78, 5) is 24.8. The Hall–Kier alpha value is -1.97. The monoisotopic (exact) mass is 339 g/mol. The quantitative estimate of drug-likeness (QED) is 0.475. The maximum Gasteiger partial charge on any atom is 0.427 e. The number of terminal acetylenes is 1. The predicted molar refractivity (Wildman–Crippen MR) is 83.3 cm³/mol. The first-order valence-electron chi connectivity index (χ1n) is 6.16. The standard InChI is InChI=1S/C15H11ClFNO3S/c1-4-7-22-13-9(16)5-6-10(11(13)17)18-14(19)12(8(2)3)21-15(18)20/h1,5-6H,7H2,2-3H3. The van der Waals surface area contributed by atoms with Gasteiger partial charge in [-0.05, 0) is 31.6 Å². The van der Waals surface area contributed by atoms with E-state index in [4.69, 9.17) is 22.8 Å². The molecule has 0 saturated carbocycles. The molecule has 1 aromatic rings. The number of ether oxygens (including phenoxy) is 1. The summed E-state index contributed by atoms with van der Waals surface area (Å²) in [6, 6.07) is 2.66. The van der Waals surface area contributed by atoms with Crippen LogP contribution in [-0.2, 0) is 9.53 Å². The molecule has 2 rings (SSSR count). The number of imide groups is 1. The van der Waals surface area contributed by atoms with E-state index in [0.717, 1.165) is 11.8 Å². The van der Waals surface area contributed by atoms with Gasteiger partial charge >= 0.3 is 12.0 Å². The lowest BCUT2D eigenvalue weighted by Gasteiger charge is -2.14. The molecule has 0 unspecified atom stereocenters. The minimum Gasteiger partial charge on any atom is -0.404 e. The number of cyclic esters (lactones) is 1. The molecule has 1 heterocycles. The molecule has 1 aliphatic heterocycles. The number of hydrogen-bond acceptors (Lipinski definition) is 4. The Bertz CT molecular complexity index is 735. The second-order valence-electron chi connectivity index (χ2n) is 4.54. The number of rotatable bonds is 3. The molecule has 7 heteroatoms. The predicted octanol–water partition coefficient (Wildman–Crippen LogP) is 3.98. The maximum atomic E-state index is 14.6. The van der Waals surface area contributed by atoms with Crippen molar-refractivity contribution in [3.8, 4) is 12.3 Å². The number of anilines is 1. The van der Waals surface area contributed by atoms with Gasteiger partial charge < -0.3 is 4.74 Å². The van der Waals surface area contributed by atoms with Crippen LogP contribution in [0.15, 0.2) is 28.4 Å². The summed E-state index contributed by atoms with van der Waals surface area (Å²) in [7, 11) is 0. The van der Waals surface area contributed by atoms with Crippen molar-refractivity contribution in [3.05, 3.63) is 34.3 Å². The van der Waals surface area contributed by atoms with Gasteiger partial charge in [0.2, 0.25) is 0 Å². The number of thioether (sulfide) groups is 1. The van der Waals surface area contributed by atoms with E-state index in [2.05, 4.69) is 5.92 Å². The molecule has 0 bridgehead atoms. The van der Waals surface area contributed by atoms with Crippen molar-refractivity contribution in [2.45, 2.75) is 18.7 Å². The fourth-order valence-electron chi connectivity index (χ4n) is 1.83. The van der Waals surface area contributed by atoms with Gasteiger partial charge in [0.1, 0.15) is 0 Å². The third kappa shape index (κ3) is 2.82. The molecule has 0 aromatic heterocycles. The minimum absolute atomic E-state index is 0.0865. The summed E-state index contributed by atoms with van der Waals surface area (Å²) in [5, 5.41) is 0.156. The second-order valence-corrected chi connectivity index (χ2v) is 5.93. The van der Waals surface area contributed by atoms with Gasteiger partial charge in [-0.2, -0.15) is 0 Å². The Labute approximate surface area is 136 Å². The third-order valence-corrected chi connectivity index (χ3v) is 4.22. The Morgan fingerprint density at radius 1 is 1.45 bits per heavy atom. The molecule has 0 spiro atoms. The summed E-state index contributed by atoms with van der Waals surface area (Å²) in [6.07, 6.45) is 4.20. The fraction of sp³-hybridized carbons (Fsp3) is 0.200. The molecular formula is C15H11ClFNO3S. The number of nitrogens with zero attached hydrogens (tertiary/aromatic N) is 1. The van der Waals surface area contributed by atoms with Gasteiger partial charge in [0.05, 0.1) is 21.4 Å². The van der Waals surface area contributed by atoms with E-state index in [1.807, 2.05) is 0 Å². The Balaban J connectivity index is 2.50. The minimum atomic E-state index is -0.949. The first kappa shape index (κ1) is 16.4. The van der Waals surface area contributed by atoms with E-state index < -0.39 is 17.8 Å². The van der Waals surface area contributed by atoms with Crippen LogP contribution >= 0.6 is 23.4 Å². The molecule has 2 amide bonds. The van der Waals surface area contributed by atoms with E-state index in [1.54, 1.807) is 13.8 Å². The summed E-state index contributed by atoms with van der Waals surface area (Å²) >= 11 is 6.95. The van der Waals surface area contributed by atoms with Gasteiger partial charge in [-0.1, -0.05) is 17.5 Å². The highest BCUT2D eigenvalue weighted by Crippen LogP contribution is 2.37. The van der Waals surface area contributed by atoms with Crippen LogP contribution in [0.2, 0.25) is 5.02 Å². The lowest BCUT2D eigenvalue weighted by Crippen LogP contribution is -2.29. The zero-order valence-electron chi connectivity index (χ0n) is 11.8. The number of benzene rings is 1. The molecule has 1 aliphatic rings. The van der Waals surface area contributed by atoms with E-state index in [0.29, 0.717) is 10.5 Å². The van der Waals surface area contributed by atoms with E-state index in [-0.39, 0.29) is 27.1 Å². The Morgan fingerprint density at radius 3 is 2.68 bits per heavy atom. The number of carbonyl (C=O) groups excluding carboxylic acids is 2. The molecule has 0 aliphatic carbocycles. The normalized spacial score (nSPS) is 14.1. The van der Waals surface area contributed by atoms with Crippen molar-refractivity contribution in [1.29, 1.82) is 0 Å². The van der Waals surface area contributed by atoms with Crippen molar-refractivity contribution < 1.29 is 18.7 Å². The van der Waals surface area contributed by atoms with Gasteiger partial charge in [0, 0.05) is 0 Å². The highest BCUT2D eigenvalue weighted by atomic mass is 35.5. The lowest BCUT2D eigenvalue weighted by molar-refractivity contribution is -0.114. The molecule has 4 nitrogen and oxygen atoms in total. The average Bonchev–Trinajstić information content (AvgIpc) is 2.75. The van der Waals surface area contributed by atoms with Crippen molar-refractivity contribution in [2.75, 3.05) is 10.7 Å². The van der Waals surface area contributed by atoms with Gasteiger partial charge in [-0.15, -0.1) is 18.2 Å². The van der Waals surface area contributed by atoms with Crippen LogP contribution in [0, 0.1) is 18.2 Å². The number of halogens is 2. The van der Waals surface area contributed by atoms with Crippen molar-refractivity contribution in [3.63, 3.8) is 0 Å². The molecule has 0 radical (unpaired) electrons. The summed E-state index contributed by atoms with van der Waals surface area (Å²) in [5.41, 5.74) is 0.312. The van der Waals surface area contributed by atoms with Crippen molar-refractivity contribution >= 4 is 41.1 Å². The Kier molecular flexibility index (Phi) is 4.79. The highest BCUT2D eigenvalue weighted by molar-refractivity contribution is 7.99. The second kappa shape index (κ2) is 6.42. The summed E-state index contributed by atoms with van der Waals surface area (Å²) < 4.78 is 19.5. The molecule has 1 aromatic carbocycles. The first-order valence-corrected chi connectivity index (χ1v) is 7.52. The maximum absolute atomic E-state index is 14.6. The summed E-state index contributed by atoms with van der Waals surface area (Å²) in [6.45, 7) is 3.24. The summed E-state index contributed by atoms with van der Waals surface area (Å²) in [5.74, 6) is 0.970. The number of hydrogen-bond donors (Lipinski definition) is 0. The topological polar surface area (TPSA) is 46.6 Å². The molecular weight excluding hydrogens is 329 g/mol. The van der Waals surface area contributed by atoms with Crippen LogP contribution in [0.4, 0.5) is 14.9 Å². The molecule has 22 heavy (non-hydrogen) atoms. The van der Waals surface area contributed by atoms with Crippen LogP contribution in [-0.4, -0.2) is 17.8 Å². The highest BCUT2D eigenvalue weighted by Gasteiger charge is 2.40. The van der Waals surface area contributed by atoms with E-state index in [9.17, 15) is 14.0 Å². The zero-order valence-corrected chi connectivity index (χ0v) is 13.3. The largest absolute Gasteiger partial charge is 0.427 e. The van der Waals surface area contributed by atoms with Gasteiger partial charge in [-0.3, -0.25) is 4.79 Å². The zero-order chi connectivity index (χ0) is 16.4. The fourth-order valence-corrected chi connectivity index (χ4v) is 2.80. The SMILES string of the molecule is C#CCSc1c(Cl)ccc(N2C(=O)OC(=C(C)C)C2=O)c1F. The van der Waals surface area contributed by atoms with E-state index in [1.165, 1.54) is 12.1 Å². The molecule has 0 atom stereocenters. The van der Waals surface area contributed by atoms with Crippen LogP contribution < -0.4 is 4.90 Å². The Morgan fingerprint density at radius 2 is 2.14 bits per heavy atom. The molecule has 1 fully saturated rings. The average molecular weight is 340 g/mol. The van der Waals surface area contributed by atoms with Crippen LogP contribution in [0.25, 0.3) is 0 Å². The van der Waals surface area contributed by atoms with Crippen LogP contribution in [0.5, 0.6) is 0 Å². The lowest BCUT2D eigenvalue weighted by atomic mass is 10.2. The van der Waals surface area contributed by atoms with Crippen LogP contribution in [0.3, 0.4) is 0 Å². The molecule has 0 N–H and O–H groups in total. The van der Waals surface area contributed by atoms with Gasteiger partial charge in [0.25, 0.3) is 0 Å². The van der Waals surface area contributed by atoms with Crippen LogP contribution in [0.1, 0.15) is 13.8 Å². The third-order valence-electron chi connectivity index (χ3n) is 2.79. The molecule has 114 valence electrons. The smallest absolute Gasteiger partial charge is 0.404 e. The van der Waals surface area contributed by atoms with Crippen molar-refractivity contribution in [1.82, 2.24) is 0 Å².